The first-order valence-corrected chi connectivity index (χ1v) is 5.94. The fourth-order valence-electron chi connectivity index (χ4n) is 1.04. The van der Waals surface area contributed by atoms with Crippen LogP contribution in [0.4, 0.5) is 0 Å². The first-order chi connectivity index (χ1) is 7.54. The minimum Gasteiger partial charge on any atom is -0.550 e. The van der Waals surface area contributed by atoms with Gasteiger partial charge in [0.2, 0.25) is 0 Å². The van der Waals surface area contributed by atoms with Gasteiger partial charge in [-0.15, -0.1) is 0 Å². The van der Waals surface area contributed by atoms with Gasteiger partial charge in [0.15, 0.2) is 0 Å². The van der Waals surface area contributed by atoms with Gasteiger partial charge in [-0.3, -0.25) is 0 Å². The minimum absolute atomic E-state index is 0. The molecule has 0 spiro atoms. The molecule has 0 aromatic rings. The molecule has 0 saturated heterocycles. The summed E-state index contributed by atoms with van der Waals surface area (Å²) >= 11 is 0. The number of unbranched alkanes of at least 4 members (excludes halogenated alkanes) is 4. The van der Waals surface area contributed by atoms with Crippen LogP contribution in [0.1, 0.15) is 65.2 Å². The number of carbonyl (C=O) groups is 2. The normalized spacial score (nSPS) is 8.59. The third-order valence-corrected chi connectivity index (χ3v) is 1.97. The van der Waals surface area contributed by atoms with Crippen molar-refractivity contribution >= 4 is 57.4 Å². The van der Waals surface area contributed by atoms with Crippen LogP contribution < -0.4 is 10.2 Å². The third-order valence-electron chi connectivity index (χ3n) is 1.97. The van der Waals surface area contributed by atoms with Crippen LogP contribution in [0.2, 0.25) is 0 Å². The van der Waals surface area contributed by atoms with E-state index >= 15 is 0 Å². The van der Waals surface area contributed by atoms with E-state index in [-0.39, 0.29) is 58.3 Å². The Labute approximate surface area is 141 Å². The summed E-state index contributed by atoms with van der Waals surface area (Å²) in [5.41, 5.74) is 0. The number of aliphatic carboxylic acids is 2. The summed E-state index contributed by atoms with van der Waals surface area (Å²) in [7, 11) is 0. The van der Waals surface area contributed by atoms with Crippen molar-refractivity contribution in [2.45, 2.75) is 65.2 Å². The van der Waals surface area contributed by atoms with E-state index in [4.69, 9.17) is 0 Å². The number of carboxylic acid groups (broad SMARTS) is 2. The number of rotatable bonds is 8. The summed E-state index contributed by atoms with van der Waals surface area (Å²) in [5.74, 6) is -1.86. The second kappa shape index (κ2) is 18.8. The Balaban J connectivity index is -0.000000218. The van der Waals surface area contributed by atoms with Gasteiger partial charge in [0.1, 0.15) is 0 Å². The Morgan fingerprint density at radius 2 is 1.06 bits per heavy atom. The van der Waals surface area contributed by atoms with Crippen LogP contribution in [0.3, 0.4) is 0 Å². The molecule has 96 valence electrons. The zero-order chi connectivity index (χ0) is 12.8. The van der Waals surface area contributed by atoms with Gasteiger partial charge >= 0.3 is 45.5 Å². The second-order valence-electron chi connectivity index (χ2n) is 3.66. The van der Waals surface area contributed by atoms with Crippen molar-refractivity contribution in [1.29, 1.82) is 0 Å². The average Bonchev–Trinajstić information content (AvgIpc) is 2.18. The summed E-state index contributed by atoms with van der Waals surface area (Å²) in [5, 5.41) is 19.5. The van der Waals surface area contributed by atoms with Crippen LogP contribution in [-0.2, 0) is 9.59 Å². The van der Waals surface area contributed by atoms with E-state index in [0.29, 0.717) is 0 Å². The quantitative estimate of drug-likeness (QED) is 0.475. The van der Waals surface area contributed by atoms with Crippen molar-refractivity contribution in [2.24, 2.45) is 0 Å². The maximum absolute atomic E-state index is 9.76. The second-order valence-corrected chi connectivity index (χ2v) is 3.66. The molecule has 0 aromatic carbocycles. The maximum Gasteiger partial charge on any atom is 2.00 e. The van der Waals surface area contributed by atoms with Crippen LogP contribution in [0, 0.1) is 0 Å². The van der Waals surface area contributed by atoms with Crippen LogP contribution in [-0.4, -0.2) is 57.4 Å². The van der Waals surface area contributed by atoms with E-state index in [2.05, 4.69) is 0 Å². The molecule has 17 heavy (non-hydrogen) atoms. The molecule has 0 fully saturated rings. The molecule has 0 aliphatic heterocycles. The van der Waals surface area contributed by atoms with Crippen molar-refractivity contribution in [3.05, 3.63) is 0 Å². The van der Waals surface area contributed by atoms with Crippen LogP contribution >= 0.6 is 0 Å². The van der Waals surface area contributed by atoms with Crippen molar-refractivity contribution in [1.82, 2.24) is 0 Å². The van der Waals surface area contributed by atoms with Gasteiger partial charge in [0.25, 0.3) is 0 Å². The summed E-state index contributed by atoms with van der Waals surface area (Å²) in [6.07, 6.45) is 6.07. The fraction of sp³-hybridized carbons (Fsp3) is 0.833. The Morgan fingerprint density at radius 1 is 0.765 bits per heavy atom. The molecule has 0 heterocycles. The van der Waals surface area contributed by atoms with Crippen molar-refractivity contribution in [3.8, 4) is 0 Å². The first kappa shape index (κ1) is 22.6. The van der Waals surface area contributed by atoms with Gasteiger partial charge in [-0.1, -0.05) is 39.5 Å². The molecule has 0 radical (unpaired) electrons. The van der Waals surface area contributed by atoms with Gasteiger partial charge in [-0.2, -0.15) is 0 Å². The molecule has 0 bridgehead atoms. The predicted octanol–water partition coefficient (Wildman–Crippen LogP) is 0.252. The molecular weight excluding hydrogens is 296 g/mol. The molecule has 0 aliphatic carbocycles. The van der Waals surface area contributed by atoms with E-state index in [1.54, 1.807) is 0 Å². The minimum atomic E-state index is -0.932. The van der Waals surface area contributed by atoms with Gasteiger partial charge in [-0.25, -0.2) is 0 Å². The standard InChI is InChI=1S/2C6H12O2.Sr/c2*1-2-3-4-5-6(7)8;/h2*2-5H2,1H3,(H,7,8);/q;;+2/p-2. The predicted molar refractivity (Wildman–Crippen MR) is 64.1 cm³/mol. The van der Waals surface area contributed by atoms with Crippen LogP contribution in [0.5, 0.6) is 0 Å². The van der Waals surface area contributed by atoms with Crippen molar-refractivity contribution in [3.63, 3.8) is 0 Å². The van der Waals surface area contributed by atoms with Crippen LogP contribution in [0.25, 0.3) is 0 Å². The van der Waals surface area contributed by atoms with Gasteiger partial charge in [0, 0.05) is 11.9 Å². The molecular formula is C12H22O4Sr. The Morgan fingerprint density at radius 3 is 1.24 bits per heavy atom. The third kappa shape index (κ3) is 31.4. The largest absolute Gasteiger partial charge is 2.00 e. The fourth-order valence-corrected chi connectivity index (χ4v) is 1.04. The van der Waals surface area contributed by atoms with E-state index in [1.165, 1.54) is 0 Å². The zero-order valence-corrected chi connectivity index (χ0v) is 14.5. The van der Waals surface area contributed by atoms with Gasteiger partial charge in [-0.05, 0) is 25.7 Å². The van der Waals surface area contributed by atoms with E-state index in [0.717, 1.165) is 38.5 Å². The molecule has 4 nitrogen and oxygen atoms in total. The first-order valence-electron chi connectivity index (χ1n) is 5.94. The monoisotopic (exact) mass is 318 g/mol. The summed E-state index contributed by atoms with van der Waals surface area (Å²) in [4.78, 5) is 19.5. The van der Waals surface area contributed by atoms with Crippen molar-refractivity contribution < 1.29 is 19.8 Å². The topological polar surface area (TPSA) is 80.3 Å². The molecule has 5 heteroatoms. The SMILES string of the molecule is CCCCCC(=O)[O-].CCCCCC(=O)[O-].[Sr+2]. The average molecular weight is 318 g/mol. The number of hydrogen-bond acceptors (Lipinski definition) is 4. The Bertz CT molecular complexity index is 163. The van der Waals surface area contributed by atoms with Crippen molar-refractivity contribution in [2.75, 3.05) is 0 Å². The summed E-state index contributed by atoms with van der Waals surface area (Å²) < 4.78 is 0. The van der Waals surface area contributed by atoms with E-state index in [9.17, 15) is 19.8 Å². The smallest absolute Gasteiger partial charge is 0.550 e. The maximum atomic E-state index is 9.76. The molecule has 0 amide bonds. The molecule has 0 unspecified atom stereocenters. The summed E-state index contributed by atoms with van der Waals surface area (Å²) in [6, 6.07) is 0. The zero-order valence-electron chi connectivity index (χ0n) is 11.0. The number of carboxylic acids is 2. The Kier molecular flexibility index (Phi) is 24.9. The molecule has 0 aromatic heterocycles. The molecule has 0 N–H and O–H groups in total. The molecule has 0 rings (SSSR count). The Hall–Kier alpha value is 0.421. The molecule has 0 aliphatic rings. The van der Waals surface area contributed by atoms with Gasteiger partial charge < -0.3 is 19.8 Å². The molecule has 0 saturated carbocycles. The number of carbonyl (C=O) groups excluding carboxylic acids is 2. The number of hydrogen-bond donors (Lipinski definition) is 0. The van der Waals surface area contributed by atoms with Crippen LogP contribution in [0.15, 0.2) is 0 Å². The van der Waals surface area contributed by atoms with E-state index < -0.39 is 11.9 Å². The molecule has 0 atom stereocenters. The van der Waals surface area contributed by atoms with E-state index in [1.807, 2.05) is 13.8 Å². The van der Waals surface area contributed by atoms with Gasteiger partial charge in [0.05, 0.1) is 0 Å². The summed E-state index contributed by atoms with van der Waals surface area (Å²) in [6.45, 7) is 4.07.